The summed E-state index contributed by atoms with van der Waals surface area (Å²) in [5.74, 6) is 1.55. The molecule has 0 amide bonds. The summed E-state index contributed by atoms with van der Waals surface area (Å²) in [6, 6.07) is 7.52. The quantitative estimate of drug-likeness (QED) is 0.899. The topological polar surface area (TPSA) is 51.6 Å². The average molecular weight is 261 g/mol. The number of hydrogen-bond donors (Lipinski definition) is 1. The van der Waals surface area contributed by atoms with Gasteiger partial charge in [-0.15, -0.1) is 0 Å². The molecular formula is C15H19NO3. The lowest BCUT2D eigenvalue weighted by atomic mass is 10.1. The first kappa shape index (κ1) is 13.6. The molecule has 0 aliphatic rings. The predicted octanol–water partition coefficient (Wildman–Crippen LogP) is 2.78. The standard InChI is InChI=1S/C15H19NO3/c1-15(2,17)7-9-19-14-6-8-16-13-10-11(18-3)4-5-12(13)14/h4-6,8,10,17H,7,9H2,1-3H3. The number of benzene rings is 1. The van der Waals surface area contributed by atoms with Gasteiger partial charge in [0.1, 0.15) is 11.5 Å². The zero-order valence-electron chi connectivity index (χ0n) is 11.5. The Kier molecular flexibility index (Phi) is 3.90. The first-order valence-electron chi connectivity index (χ1n) is 6.27. The van der Waals surface area contributed by atoms with Gasteiger partial charge in [-0.3, -0.25) is 4.98 Å². The van der Waals surface area contributed by atoms with Gasteiger partial charge in [-0.25, -0.2) is 0 Å². The van der Waals surface area contributed by atoms with Crippen LogP contribution < -0.4 is 9.47 Å². The Bertz CT molecular complexity index is 561. The summed E-state index contributed by atoms with van der Waals surface area (Å²) in [4.78, 5) is 4.30. The van der Waals surface area contributed by atoms with Gasteiger partial charge in [-0.05, 0) is 32.0 Å². The van der Waals surface area contributed by atoms with Crippen molar-refractivity contribution in [2.45, 2.75) is 25.9 Å². The Hall–Kier alpha value is -1.81. The Morgan fingerprint density at radius 1 is 1.26 bits per heavy atom. The predicted molar refractivity (Wildman–Crippen MR) is 74.7 cm³/mol. The van der Waals surface area contributed by atoms with Crippen molar-refractivity contribution in [1.82, 2.24) is 4.98 Å². The maximum Gasteiger partial charge on any atom is 0.130 e. The number of hydrogen-bond acceptors (Lipinski definition) is 4. The van der Waals surface area contributed by atoms with E-state index in [2.05, 4.69) is 4.98 Å². The van der Waals surface area contributed by atoms with Gasteiger partial charge >= 0.3 is 0 Å². The van der Waals surface area contributed by atoms with Gasteiger partial charge in [0.25, 0.3) is 0 Å². The highest BCUT2D eigenvalue weighted by atomic mass is 16.5. The summed E-state index contributed by atoms with van der Waals surface area (Å²) in [6.45, 7) is 4.01. The van der Waals surface area contributed by atoms with Crippen LogP contribution in [0.1, 0.15) is 20.3 Å². The van der Waals surface area contributed by atoms with Crippen LogP contribution in [0.15, 0.2) is 30.5 Å². The van der Waals surface area contributed by atoms with Gasteiger partial charge in [-0.2, -0.15) is 0 Å². The smallest absolute Gasteiger partial charge is 0.130 e. The number of aliphatic hydroxyl groups is 1. The molecule has 0 bridgehead atoms. The molecule has 1 heterocycles. The van der Waals surface area contributed by atoms with Crippen LogP contribution in [0.5, 0.6) is 11.5 Å². The van der Waals surface area contributed by atoms with E-state index in [4.69, 9.17) is 9.47 Å². The van der Waals surface area contributed by atoms with Crippen molar-refractivity contribution in [1.29, 1.82) is 0 Å². The molecule has 0 saturated carbocycles. The molecule has 19 heavy (non-hydrogen) atoms. The van der Waals surface area contributed by atoms with E-state index in [9.17, 15) is 5.11 Å². The molecule has 4 heteroatoms. The molecule has 2 aromatic rings. The molecule has 0 unspecified atom stereocenters. The Morgan fingerprint density at radius 3 is 2.74 bits per heavy atom. The Labute approximate surface area is 113 Å². The van der Waals surface area contributed by atoms with E-state index in [-0.39, 0.29) is 0 Å². The van der Waals surface area contributed by atoms with Crippen molar-refractivity contribution in [3.05, 3.63) is 30.5 Å². The second kappa shape index (κ2) is 5.45. The molecule has 102 valence electrons. The average Bonchev–Trinajstić information content (AvgIpc) is 2.37. The molecule has 0 saturated heterocycles. The van der Waals surface area contributed by atoms with E-state index in [1.165, 1.54) is 0 Å². The largest absolute Gasteiger partial charge is 0.497 e. The third-order valence-electron chi connectivity index (χ3n) is 2.88. The highest BCUT2D eigenvalue weighted by Crippen LogP contribution is 2.27. The van der Waals surface area contributed by atoms with Crippen molar-refractivity contribution in [3.8, 4) is 11.5 Å². The summed E-state index contributed by atoms with van der Waals surface area (Å²) in [5.41, 5.74) is 0.117. The molecule has 1 N–H and O–H groups in total. The third-order valence-corrected chi connectivity index (χ3v) is 2.88. The van der Waals surface area contributed by atoms with Crippen molar-refractivity contribution in [2.24, 2.45) is 0 Å². The van der Waals surface area contributed by atoms with Gasteiger partial charge in [0, 0.05) is 24.1 Å². The van der Waals surface area contributed by atoms with Crippen molar-refractivity contribution < 1.29 is 14.6 Å². The highest BCUT2D eigenvalue weighted by Gasteiger charge is 2.12. The molecule has 1 aromatic heterocycles. The van der Waals surface area contributed by atoms with E-state index < -0.39 is 5.60 Å². The van der Waals surface area contributed by atoms with E-state index in [0.717, 1.165) is 22.4 Å². The molecule has 0 atom stereocenters. The van der Waals surface area contributed by atoms with Crippen LogP contribution in [-0.4, -0.2) is 29.4 Å². The maximum absolute atomic E-state index is 9.67. The van der Waals surface area contributed by atoms with Gasteiger partial charge in [0.05, 0.1) is 24.8 Å². The number of pyridine rings is 1. The van der Waals surface area contributed by atoms with Gasteiger partial charge in [0.2, 0.25) is 0 Å². The highest BCUT2D eigenvalue weighted by molar-refractivity contribution is 5.85. The third kappa shape index (κ3) is 3.58. The van der Waals surface area contributed by atoms with Crippen LogP contribution in [0, 0.1) is 0 Å². The minimum atomic E-state index is -0.716. The van der Waals surface area contributed by atoms with E-state index in [1.807, 2.05) is 24.3 Å². The zero-order chi connectivity index (χ0) is 13.9. The minimum Gasteiger partial charge on any atom is -0.497 e. The molecule has 0 radical (unpaired) electrons. The van der Waals surface area contributed by atoms with E-state index in [1.54, 1.807) is 27.2 Å². The fourth-order valence-electron chi connectivity index (χ4n) is 1.77. The Morgan fingerprint density at radius 2 is 2.05 bits per heavy atom. The summed E-state index contributed by atoms with van der Waals surface area (Å²) in [7, 11) is 1.63. The van der Waals surface area contributed by atoms with Crippen LogP contribution in [0.4, 0.5) is 0 Å². The molecule has 1 aromatic carbocycles. The first-order valence-corrected chi connectivity index (χ1v) is 6.27. The van der Waals surface area contributed by atoms with Crippen LogP contribution in [0.3, 0.4) is 0 Å². The first-order chi connectivity index (χ1) is 8.99. The fraction of sp³-hybridized carbons (Fsp3) is 0.400. The van der Waals surface area contributed by atoms with Crippen molar-refractivity contribution in [2.75, 3.05) is 13.7 Å². The molecule has 0 aliphatic heterocycles. The van der Waals surface area contributed by atoms with Crippen LogP contribution in [0.2, 0.25) is 0 Å². The SMILES string of the molecule is COc1ccc2c(OCCC(C)(C)O)ccnc2c1. The minimum absolute atomic E-state index is 0.467. The van der Waals surface area contributed by atoms with Gasteiger partial charge in [-0.1, -0.05) is 0 Å². The number of rotatable bonds is 5. The van der Waals surface area contributed by atoms with Gasteiger partial charge in [0.15, 0.2) is 0 Å². The monoisotopic (exact) mass is 261 g/mol. The van der Waals surface area contributed by atoms with Crippen LogP contribution in [-0.2, 0) is 0 Å². The number of ether oxygens (including phenoxy) is 2. The van der Waals surface area contributed by atoms with Gasteiger partial charge < -0.3 is 14.6 Å². The second-order valence-corrected chi connectivity index (χ2v) is 5.10. The molecule has 0 fully saturated rings. The Balaban J connectivity index is 2.19. The zero-order valence-corrected chi connectivity index (χ0v) is 11.5. The maximum atomic E-state index is 9.67. The fourth-order valence-corrected chi connectivity index (χ4v) is 1.77. The summed E-state index contributed by atoms with van der Waals surface area (Å²) in [5, 5.41) is 10.6. The van der Waals surface area contributed by atoms with Crippen molar-refractivity contribution >= 4 is 10.9 Å². The lowest BCUT2D eigenvalue weighted by Crippen LogP contribution is -2.21. The number of nitrogens with zero attached hydrogens (tertiary/aromatic N) is 1. The van der Waals surface area contributed by atoms with E-state index >= 15 is 0 Å². The molecular weight excluding hydrogens is 242 g/mol. The molecule has 2 rings (SSSR count). The number of aromatic nitrogens is 1. The number of methoxy groups -OCH3 is 1. The summed E-state index contributed by atoms with van der Waals surface area (Å²) < 4.78 is 10.9. The molecule has 0 spiro atoms. The molecule has 4 nitrogen and oxygen atoms in total. The van der Waals surface area contributed by atoms with Crippen LogP contribution >= 0.6 is 0 Å². The van der Waals surface area contributed by atoms with Crippen LogP contribution in [0.25, 0.3) is 10.9 Å². The number of fused-ring (bicyclic) bond motifs is 1. The molecule has 0 aliphatic carbocycles. The van der Waals surface area contributed by atoms with E-state index in [0.29, 0.717) is 13.0 Å². The lowest BCUT2D eigenvalue weighted by Gasteiger charge is -2.17. The summed E-state index contributed by atoms with van der Waals surface area (Å²) in [6.07, 6.45) is 2.29. The second-order valence-electron chi connectivity index (χ2n) is 5.10. The summed E-state index contributed by atoms with van der Waals surface area (Å²) >= 11 is 0. The van der Waals surface area contributed by atoms with Crippen molar-refractivity contribution in [3.63, 3.8) is 0 Å². The normalized spacial score (nSPS) is 11.6. The lowest BCUT2D eigenvalue weighted by molar-refractivity contribution is 0.0555.